The molecule has 3 amide bonds. The Balaban J connectivity index is 1.74. The summed E-state index contributed by atoms with van der Waals surface area (Å²) in [5.74, 6) is 0.229. The molecule has 2 heterocycles. The van der Waals surface area contributed by atoms with Crippen LogP contribution in [0.5, 0.6) is 0 Å². The number of carbonyl (C=O) groups is 3. The molecule has 2 rings (SSSR count). The number of unbranched alkanes of at least 4 members (excludes halogenated alkanes) is 34. The van der Waals surface area contributed by atoms with Crippen LogP contribution in [0.3, 0.4) is 0 Å². The van der Waals surface area contributed by atoms with Gasteiger partial charge in [-0.3, -0.25) is 14.4 Å². The van der Waals surface area contributed by atoms with Crippen molar-refractivity contribution in [2.24, 2.45) is 5.73 Å². The third-order valence-electron chi connectivity index (χ3n) is 15.9. The van der Waals surface area contributed by atoms with Gasteiger partial charge in [0, 0.05) is 36.4 Å². The van der Waals surface area contributed by atoms with Gasteiger partial charge in [0.25, 0.3) is 0 Å². The Kier molecular flexibility index (Phi) is 43.8. The molecule has 2 aliphatic rings. The zero-order valence-corrected chi connectivity index (χ0v) is 48.6. The van der Waals surface area contributed by atoms with Gasteiger partial charge < -0.3 is 56.7 Å². The highest BCUT2D eigenvalue weighted by Crippen LogP contribution is 2.30. The third kappa shape index (κ3) is 34.3. The Labute approximate surface area is 461 Å². The van der Waals surface area contributed by atoms with Gasteiger partial charge in [-0.1, -0.05) is 239 Å². The third-order valence-corrected chi connectivity index (χ3v) is 17.4. The normalized spacial score (nSPS) is 23.0. The molecule has 14 nitrogen and oxygen atoms in total. The second-order valence-corrected chi connectivity index (χ2v) is 24.0. The molecule has 8 unspecified atom stereocenters. The summed E-state index contributed by atoms with van der Waals surface area (Å²) in [5.41, 5.74) is 6.13. The Bertz CT molecular complexity index is 1360. The van der Waals surface area contributed by atoms with Gasteiger partial charge in [-0.15, -0.1) is 0 Å². The van der Waals surface area contributed by atoms with E-state index in [1.807, 2.05) is 0 Å². The minimum atomic E-state index is -1.65. The number of hydrogen-bond donors (Lipinski definition) is 9. The highest BCUT2D eigenvalue weighted by molar-refractivity contribution is 8.00. The molecule has 0 aromatic rings. The summed E-state index contributed by atoms with van der Waals surface area (Å²) in [4.78, 5) is 37.1. The number of nitrogens with two attached hydrogens (primary N) is 1. The van der Waals surface area contributed by atoms with Gasteiger partial charge in [-0.05, 0) is 25.7 Å². The van der Waals surface area contributed by atoms with Gasteiger partial charge in [-0.25, -0.2) is 0 Å². The van der Waals surface area contributed by atoms with Gasteiger partial charge in [0.2, 0.25) is 18.2 Å². The Morgan fingerprint density at radius 1 is 0.600 bits per heavy atom. The van der Waals surface area contributed by atoms with E-state index in [2.05, 4.69) is 29.8 Å². The van der Waals surface area contributed by atoms with Crippen LogP contribution < -0.4 is 21.7 Å². The van der Waals surface area contributed by atoms with Crippen molar-refractivity contribution in [1.82, 2.24) is 16.0 Å². The predicted octanol–water partition coefficient (Wildman–Crippen LogP) is 10.7. The first-order chi connectivity index (χ1) is 36.5. The van der Waals surface area contributed by atoms with E-state index in [1.165, 1.54) is 173 Å². The van der Waals surface area contributed by atoms with E-state index < -0.39 is 49.0 Å². The average molecular weight is 1090 g/mol. The number of thioether (sulfide) groups is 1. The van der Waals surface area contributed by atoms with E-state index >= 15 is 0 Å². The molecule has 10 N–H and O–H groups in total. The summed E-state index contributed by atoms with van der Waals surface area (Å²) < 4.78 is 11.8. The summed E-state index contributed by atoms with van der Waals surface area (Å²) >= 11 is 1.72. The van der Waals surface area contributed by atoms with Crippen LogP contribution in [-0.2, 0) is 23.9 Å². The molecule has 0 aromatic carbocycles. The lowest BCUT2D eigenvalue weighted by atomic mass is 9.98. The minimum Gasteiger partial charge on any atom is -0.390 e. The Morgan fingerprint density at radius 3 is 1.49 bits per heavy atom. The topological polar surface area (TPSA) is 233 Å². The molecular formula is C60H116N4O10S. The molecule has 0 spiro atoms. The fourth-order valence-electron chi connectivity index (χ4n) is 10.9. The zero-order chi connectivity index (χ0) is 54.6. The molecule has 15 heteroatoms. The van der Waals surface area contributed by atoms with Gasteiger partial charge in [0.05, 0.1) is 24.8 Å². The lowest BCUT2D eigenvalue weighted by molar-refractivity contribution is -0.297. The summed E-state index contributed by atoms with van der Waals surface area (Å²) in [6.07, 6.45) is 37.8. The molecular weight excluding hydrogens is 969 g/mol. The number of amides is 3. The van der Waals surface area contributed by atoms with E-state index in [0.29, 0.717) is 25.7 Å². The fraction of sp³-hybridized carbons (Fsp3) is 0.950. The SMILES string of the molecule is CCCCCCCCCCCCCCCCCCCCCCCCCC(=O)N[C@@H](COC1OC(CNC(=O)CCCCC2SCC(N)[C@@H]2NC=O)C(O)C(O)C1O)C(O)[C@H](O)CCCCCCCCCCCCCC. The number of rotatable bonds is 52. The van der Waals surface area contributed by atoms with Crippen molar-refractivity contribution in [1.29, 1.82) is 0 Å². The largest absolute Gasteiger partial charge is 0.390 e. The van der Waals surface area contributed by atoms with E-state index in [0.717, 1.165) is 63.5 Å². The quantitative estimate of drug-likeness (QED) is 0.0205. The van der Waals surface area contributed by atoms with Gasteiger partial charge in [-0.2, -0.15) is 11.8 Å². The summed E-state index contributed by atoms with van der Waals surface area (Å²) in [6, 6.07) is -1.23. The van der Waals surface area contributed by atoms with Crippen LogP contribution in [0.1, 0.15) is 277 Å². The molecule has 0 bridgehead atoms. The lowest BCUT2D eigenvalue weighted by Gasteiger charge is -2.41. The average Bonchev–Trinajstić information content (AvgIpc) is 3.75. The summed E-state index contributed by atoms with van der Waals surface area (Å²) in [5, 5.41) is 63.7. The predicted molar refractivity (Wildman–Crippen MR) is 307 cm³/mol. The molecule has 2 saturated heterocycles. The molecule has 75 heavy (non-hydrogen) atoms. The van der Waals surface area contributed by atoms with E-state index in [9.17, 15) is 39.9 Å². The van der Waals surface area contributed by atoms with Crippen LogP contribution >= 0.6 is 11.8 Å². The van der Waals surface area contributed by atoms with Crippen molar-refractivity contribution in [3.8, 4) is 0 Å². The fourth-order valence-corrected chi connectivity index (χ4v) is 12.4. The Morgan fingerprint density at radius 2 is 1.03 bits per heavy atom. The van der Waals surface area contributed by atoms with Crippen molar-refractivity contribution in [3.63, 3.8) is 0 Å². The van der Waals surface area contributed by atoms with Crippen LogP contribution in [0.4, 0.5) is 0 Å². The molecule has 11 atom stereocenters. The number of hydrogen-bond acceptors (Lipinski definition) is 12. The van der Waals surface area contributed by atoms with Crippen LogP contribution in [-0.4, -0.2) is 129 Å². The van der Waals surface area contributed by atoms with Crippen molar-refractivity contribution in [2.75, 3.05) is 18.9 Å². The van der Waals surface area contributed by atoms with Crippen LogP contribution in [0.25, 0.3) is 0 Å². The second kappa shape index (κ2) is 47.3. The first-order valence-corrected chi connectivity index (χ1v) is 32.4. The number of carbonyl (C=O) groups excluding carboxylic acids is 3. The molecule has 2 fully saturated rings. The zero-order valence-electron chi connectivity index (χ0n) is 47.8. The highest BCUT2D eigenvalue weighted by Gasteiger charge is 2.45. The first kappa shape index (κ1) is 69.5. The van der Waals surface area contributed by atoms with Crippen molar-refractivity contribution in [2.45, 2.75) is 343 Å². The maximum Gasteiger partial charge on any atom is 0.220 e. The number of aliphatic hydroxyl groups excluding tert-OH is 5. The minimum absolute atomic E-state index is 0.0926. The van der Waals surface area contributed by atoms with Crippen molar-refractivity contribution < 1.29 is 49.4 Å². The number of aliphatic hydroxyl groups is 5. The Hall–Kier alpha value is -1.56. The van der Waals surface area contributed by atoms with Gasteiger partial charge in [0.1, 0.15) is 30.5 Å². The van der Waals surface area contributed by atoms with Gasteiger partial charge in [0.15, 0.2) is 6.29 Å². The molecule has 0 aromatic heterocycles. The molecule has 442 valence electrons. The standard InChI is InChI=1S/C60H116N4O10S/c1-3-5-7-9-11-13-15-17-18-19-20-21-22-23-24-25-26-27-29-31-33-35-37-43-54(68)64-49(56(69)50(66)40-36-34-32-30-28-16-14-12-10-8-6-4-2)45-73-60-59(72)58(71)57(70)51(74-60)44-62-53(67)42-39-38-41-52-55(63-47-65)48(61)46-75-52/h47-52,55-60,66,69-72H,3-46,61H2,1-2H3,(H,62,67)(H,63,65)(H,64,68)/t48?,49-,50+,51?,52?,55-,56?,57?,58?,59?,60?/m0/s1. The first-order valence-electron chi connectivity index (χ1n) is 31.3. The monoisotopic (exact) mass is 1080 g/mol. The summed E-state index contributed by atoms with van der Waals surface area (Å²) in [7, 11) is 0. The molecule has 0 saturated carbocycles. The van der Waals surface area contributed by atoms with Crippen molar-refractivity contribution >= 4 is 30.0 Å². The van der Waals surface area contributed by atoms with Gasteiger partial charge >= 0.3 is 0 Å². The smallest absolute Gasteiger partial charge is 0.220 e. The maximum absolute atomic E-state index is 13.3. The van der Waals surface area contributed by atoms with E-state index in [1.54, 1.807) is 11.8 Å². The molecule has 0 radical (unpaired) electrons. The lowest BCUT2D eigenvalue weighted by Crippen LogP contribution is -2.61. The number of nitrogens with one attached hydrogen (secondary N) is 3. The maximum atomic E-state index is 13.3. The highest BCUT2D eigenvalue weighted by atomic mass is 32.2. The van der Waals surface area contributed by atoms with Crippen LogP contribution in [0, 0.1) is 0 Å². The summed E-state index contributed by atoms with van der Waals surface area (Å²) in [6.45, 7) is 4.03. The second-order valence-electron chi connectivity index (χ2n) is 22.7. The van der Waals surface area contributed by atoms with Crippen LogP contribution in [0.2, 0.25) is 0 Å². The van der Waals surface area contributed by atoms with Crippen LogP contribution in [0.15, 0.2) is 0 Å². The molecule has 0 aliphatic carbocycles. The van der Waals surface area contributed by atoms with E-state index in [-0.39, 0.29) is 55.1 Å². The van der Waals surface area contributed by atoms with E-state index in [4.69, 9.17) is 15.2 Å². The van der Waals surface area contributed by atoms with Crippen molar-refractivity contribution in [3.05, 3.63) is 0 Å². The molecule has 2 aliphatic heterocycles. The number of ether oxygens (including phenoxy) is 2.